The Morgan fingerprint density at radius 3 is 2.16 bits per heavy atom. The number of benzene rings is 2. The van der Waals surface area contributed by atoms with Gasteiger partial charge in [-0.3, -0.25) is 0 Å². The van der Waals surface area contributed by atoms with Gasteiger partial charge in [0.05, 0.1) is 6.04 Å². The summed E-state index contributed by atoms with van der Waals surface area (Å²) in [6.45, 7) is 0. The first kappa shape index (κ1) is 14.0. The van der Waals surface area contributed by atoms with Crippen LogP contribution >= 0.6 is 0 Å². The second kappa shape index (κ2) is 4.91. The molecule has 2 heteroatoms. The zero-order valence-electron chi connectivity index (χ0n) is 14.2. The summed E-state index contributed by atoms with van der Waals surface area (Å²) in [4.78, 5) is 0. The van der Waals surface area contributed by atoms with Crippen LogP contribution in [0, 0.1) is 29.6 Å². The number of hydrogen-bond acceptors (Lipinski definition) is 2. The molecule has 0 N–H and O–H groups in total. The van der Waals surface area contributed by atoms with E-state index in [-0.39, 0.29) is 5.54 Å². The van der Waals surface area contributed by atoms with Gasteiger partial charge in [0, 0.05) is 5.92 Å². The van der Waals surface area contributed by atoms with Gasteiger partial charge in [0.15, 0.2) is 0 Å². The van der Waals surface area contributed by atoms with E-state index >= 15 is 0 Å². The molecule has 2 fully saturated rings. The van der Waals surface area contributed by atoms with Gasteiger partial charge in [-0.2, -0.15) is 10.2 Å². The van der Waals surface area contributed by atoms with Gasteiger partial charge in [-0.15, -0.1) is 0 Å². The second-order valence-electron chi connectivity index (χ2n) is 8.20. The maximum atomic E-state index is 5.06. The van der Waals surface area contributed by atoms with E-state index in [9.17, 15) is 0 Å². The van der Waals surface area contributed by atoms with E-state index in [1.54, 1.807) is 0 Å². The van der Waals surface area contributed by atoms with Crippen molar-refractivity contribution < 1.29 is 0 Å². The van der Waals surface area contributed by atoms with E-state index in [2.05, 4.69) is 72.8 Å². The fraction of sp³-hybridized carbons (Fsp3) is 0.391. The zero-order chi connectivity index (χ0) is 16.4. The second-order valence-corrected chi connectivity index (χ2v) is 8.20. The molecule has 1 heterocycles. The lowest BCUT2D eigenvalue weighted by Gasteiger charge is -2.41. The SMILES string of the molecule is C1=C[C@H]2[C@H]3C[C@H]([C@H]2C1)[C@H]1[C@H]3N=NC1(c1ccccc1)c1ccccc1. The average molecular weight is 326 g/mol. The fourth-order valence-corrected chi connectivity index (χ4v) is 6.55. The highest BCUT2D eigenvalue weighted by Gasteiger charge is 2.67. The molecule has 124 valence electrons. The van der Waals surface area contributed by atoms with Crippen LogP contribution in [0.2, 0.25) is 0 Å². The molecule has 2 saturated carbocycles. The molecule has 0 amide bonds. The molecular weight excluding hydrogens is 304 g/mol. The van der Waals surface area contributed by atoms with Crippen LogP contribution in [-0.4, -0.2) is 6.04 Å². The van der Waals surface area contributed by atoms with Gasteiger partial charge in [0.25, 0.3) is 0 Å². The Labute approximate surface area is 148 Å². The van der Waals surface area contributed by atoms with E-state index in [4.69, 9.17) is 10.2 Å². The number of allylic oxidation sites excluding steroid dienone is 2. The summed E-state index contributed by atoms with van der Waals surface area (Å²) in [7, 11) is 0. The van der Waals surface area contributed by atoms with Gasteiger partial charge in [-0.05, 0) is 47.6 Å². The van der Waals surface area contributed by atoms with Crippen molar-refractivity contribution in [3.05, 3.63) is 83.9 Å². The molecule has 6 atom stereocenters. The van der Waals surface area contributed by atoms with Crippen LogP contribution in [0.25, 0.3) is 0 Å². The summed E-state index contributed by atoms with van der Waals surface area (Å²) in [6.07, 6.45) is 7.50. The Kier molecular flexibility index (Phi) is 2.75. The molecule has 0 unspecified atom stereocenters. The van der Waals surface area contributed by atoms with Crippen molar-refractivity contribution in [3.8, 4) is 0 Å². The molecule has 0 saturated heterocycles. The Morgan fingerprint density at radius 2 is 1.48 bits per heavy atom. The van der Waals surface area contributed by atoms with Crippen molar-refractivity contribution in [2.75, 3.05) is 0 Å². The molecule has 0 radical (unpaired) electrons. The summed E-state index contributed by atoms with van der Waals surface area (Å²) < 4.78 is 0. The maximum absolute atomic E-state index is 5.06. The van der Waals surface area contributed by atoms with E-state index in [0.717, 1.165) is 17.8 Å². The van der Waals surface area contributed by atoms with Crippen LogP contribution in [-0.2, 0) is 5.54 Å². The van der Waals surface area contributed by atoms with Gasteiger partial charge < -0.3 is 0 Å². The van der Waals surface area contributed by atoms with Crippen molar-refractivity contribution in [3.63, 3.8) is 0 Å². The minimum Gasteiger partial charge on any atom is -0.189 e. The van der Waals surface area contributed by atoms with Crippen molar-refractivity contribution in [1.82, 2.24) is 0 Å². The first-order valence-corrected chi connectivity index (χ1v) is 9.59. The Bertz CT molecular complexity index is 815. The predicted molar refractivity (Wildman–Crippen MR) is 98.1 cm³/mol. The molecule has 1 aliphatic heterocycles. The normalized spacial score (nSPS) is 38.9. The molecule has 2 aromatic carbocycles. The summed E-state index contributed by atoms with van der Waals surface area (Å²) in [5, 5.41) is 10.00. The highest BCUT2D eigenvalue weighted by Crippen LogP contribution is 2.67. The smallest absolute Gasteiger partial charge is 0.137 e. The molecule has 0 spiro atoms. The van der Waals surface area contributed by atoms with Crippen LogP contribution in [0.5, 0.6) is 0 Å². The molecule has 25 heavy (non-hydrogen) atoms. The minimum absolute atomic E-state index is 0.292. The lowest BCUT2D eigenvalue weighted by molar-refractivity contribution is 0.150. The minimum atomic E-state index is -0.292. The summed E-state index contributed by atoms with van der Waals surface area (Å²) in [5.74, 6) is 3.54. The third-order valence-electron chi connectivity index (χ3n) is 7.38. The topological polar surface area (TPSA) is 24.7 Å². The van der Waals surface area contributed by atoms with E-state index in [0.29, 0.717) is 17.9 Å². The molecule has 2 bridgehead atoms. The highest BCUT2D eigenvalue weighted by atomic mass is 15.2. The van der Waals surface area contributed by atoms with Gasteiger partial charge in [-0.1, -0.05) is 72.8 Å². The number of azo groups is 1. The molecule has 2 aromatic rings. The van der Waals surface area contributed by atoms with Gasteiger partial charge in [0.2, 0.25) is 0 Å². The van der Waals surface area contributed by atoms with Crippen LogP contribution in [0.3, 0.4) is 0 Å². The van der Waals surface area contributed by atoms with Crippen molar-refractivity contribution in [2.45, 2.75) is 24.4 Å². The molecule has 0 aromatic heterocycles. The molecule has 2 nitrogen and oxygen atoms in total. The van der Waals surface area contributed by atoms with Crippen molar-refractivity contribution >= 4 is 0 Å². The van der Waals surface area contributed by atoms with Crippen LogP contribution in [0.15, 0.2) is 83.0 Å². The maximum Gasteiger partial charge on any atom is 0.137 e. The van der Waals surface area contributed by atoms with Crippen LogP contribution in [0.4, 0.5) is 0 Å². The van der Waals surface area contributed by atoms with Crippen LogP contribution < -0.4 is 0 Å². The lowest BCUT2D eigenvalue weighted by atomic mass is 9.62. The Hall–Kier alpha value is -2.22. The fourth-order valence-electron chi connectivity index (χ4n) is 6.55. The average Bonchev–Trinajstić information content (AvgIpc) is 3.42. The van der Waals surface area contributed by atoms with Crippen LogP contribution in [0.1, 0.15) is 24.0 Å². The van der Waals surface area contributed by atoms with E-state index < -0.39 is 0 Å². The third-order valence-corrected chi connectivity index (χ3v) is 7.38. The Balaban J connectivity index is 1.55. The van der Waals surface area contributed by atoms with Gasteiger partial charge in [0.1, 0.15) is 5.54 Å². The largest absolute Gasteiger partial charge is 0.189 e. The number of nitrogens with zero attached hydrogens (tertiary/aromatic N) is 2. The molecular formula is C23H22N2. The zero-order valence-corrected chi connectivity index (χ0v) is 14.2. The molecule has 6 rings (SSSR count). The van der Waals surface area contributed by atoms with Gasteiger partial charge >= 0.3 is 0 Å². The van der Waals surface area contributed by atoms with Crippen molar-refractivity contribution in [2.24, 2.45) is 39.8 Å². The quantitative estimate of drug-likeness (QED) is 0.676. The highest BCUT2D eigenvalue weighted by molar-refractivity contribution is 5.43. The van der Waals surface area contributed by atoms with E-state index in [1.807, 2.05) is 0 Å². The first-order valence-electron chi connectivity index (χ1n) is 9.59. The Morgan fingerprint density at radius 1 is 0.800 bits per heavy atom. The number of rotatable bonds is 2. The number of hydrogen-bond donors (Lipinski definition) is 0. The standard InChI is InChI=1S/C23H22N2/c1-3-8-15(9-4-1)23(16-10-5-2-6-11-16)21-19-14-20(22(21)24-25-23)18-13-7-12-17(18)19/h1-11,13,17-22H,12,14H2/t17-,18+,19+,20+,21-,22-/m0/s1. The summed E-state index contributed by atoms with van der Waals surface area (Å²) in [6, 6.07) is 22.2. The van der Waals surface area contributed by atoms with E-state index in [1.165, 1.54) is 24.0 Å². The first-order chi connectivity index (χ1) is 12.4. The molecule has 3 aliphatic carbocycles. The molecule has 4 aliphatic rings. The predicted octanol–water partition coefficient (Wildman–Crippen LogP) is 5.22. The monoisotopic (exact) mass is 326 g/mol. The summed E-state index contributed by atoms with van der Waals surface area (Å²) >= 11 is 0. The lowest BCUT2D eigenvalue weighted by Crippen LogP contribution is -2.44. The number of fused-ring (bicyclic) bond motifs is 8. The third kappa shape index (κ3) is 1.65. The van der Waals surface area contributed by atoms with Gasteiger partial charge in [-0.25, -0.2) is 0 Å². The summed E-state index contributed by atoms with van der Waals surface area (Å²) in [5.41, 5.74) is 2.33. The van der Waals surface area contributed by atoms with Crippen molar-refractivity contribution in [1.29, 1.82) is 0 Å².